The highest BCUT2D eigenvalue weighted by Gasteiger charge is 2.18. The maximum Gasteiger partial charge on any atom is 0.255 e. The molecule has 6 nitrogen and oxygen atoms in total. The number of nitrogens with one attached hydrogen (secondary N) is 1. The van der Waals surface area contributed by atoms with Gasteiger partial charge < -0.3 is 14.6 Å². The molecule has 7 heteroatoms. The number of aromatic nitrogens is 3. The molecule has 0 aliphatic carbocycles. The minimum Gasteiger partial charge on any atom is -0.491 e. The number of amides is 1. The summed E-state index contributed by atoms with van der Waals surface area (Å²) in [5, 5.41) is 2.94. The van der Waals surface area contributed by atoms with Crippen molar-refractivity contribution in [1.82, 2.24) is 14.5 Å². The number of imidazole rings is 1. The number of rotatable bonds is 2. The molecule has 0 fully saturated rings. The first-order valence-electron chi connectivity index (χ1n) is 8.20. The number of carbonyl (C=O) groups is 1. The van der Waals surface area contributed by atoms with E-state index in [2.05, 4.69) is 15.3 Å². The summed E-state index contributed by atoms with van der Waals surface area (Å²) in [6, 6.07) is 11.2. The van der Waals surface area contributed by atoms with Crippen LogP contribution in [-0.4, -0.2) is 27.0 Å². The van der Waals surface area contributed by atoms with Gasteiger partial charge in [0.15, 0.2) is 0 Å². The molecule has 5 rings (SSSR count). The highest BCUT2D eigenvalue weighted by Crippen LogP contribution is 2.33. The Kier molecular flexibility index (Phi) is 3.46. The van der Waals surface area contributed by atoms with Gasteiger partial charge in [-0.05, 0) is 36.4 Å². The fourth-order valence-electron chi connectivity index (χ4n) is 3.11. The molecule has 0 spiro atoms. The smallest absolute Gasteiger partial charge is 0.255 e. The van der Waals surface area contributed by atoms with Crippen molar-refractivity contribution in [1.29, 1.82) is 0 Å². The first-order valence-corrected chi connectivity index (χ1v) is 9.08. The molecule has 0 unspecified atom stereocenters. The second-order valence-electron chi connectivity index (χ2n) is 6.02. The van der Waals surface area contributed by atoms with Crippen LogP contribution in [0.15, 0.2) is 54.4 Å². The van der Waals surface area contributed by atoms with Gasteiger partial charge >= 0.3 is 0 Å². The summed E-state index contributed by atoms with van der Waals surface area (Å²) in [5.74, 6) is 0.599. The molecule has 2 aromatic heterocycles. The molecule has 0 saturated carbocycles. The van der Waals surface area contributed by atoms with Crippen LogP contribution in [0.1, 0.15) is 10.4 Å². The summed E-state index contributed by atoms with van der Waals surface area (Å²) in [5.41, 5.74) is 5.81. The van der Waals surface area contributed by atoms with Gasteiger partial charge in [0.25, 0.3) is 5.91 Å². The van der Waals surface area contributed by atoms with E-state index in [0.29, 0.717) is 12.2 Å². The molecule has 0 atom stereocenters. The Bertz CT molecular complexity index is 1130. The Morgan fingerprint density at radius 2 is 2.19 bits per heavy atom. The van der Waals surface area contributed by atoms with Crippen LogP contribution in [0.4, 0.5) is 5.69 Å². The molecular formula is C19H14N4O2S. The Hall–Kier alpha value is -3.19. The summed E-state index contributed by atoms with van der Waals surface area (Å²) in [4.78, 5) is 21.2. The number of hydrogen-bond acceptors (Lipinski definition) is 5. The lowest BCUT2D eigenvalue weighted by Crippen LogP contribution is -2.12. The van der Waals surface area contributed by atoms with E-state index >= 15 is 0 Å². The third-order valence-electron chi connectivity index (χ3n) is 4.41. The van der Waals surface area contributed by atoms with Gasteiger partial charge in [0, 0.05) is 16.8 Å². The average molecular weight is 362 g/mol. The SMILES string of the molecule is O=C(Nc1ccc2scnc2c1)c1ccc2c(c1)-c1cncn1CCO2. The van der Waals surface area contributed by atoms with Gasteiger partial charge in [-0.25, -0.2) is 9.97 Å². The van der Waals surface area contributed by atoms with Crippen LogP contribution in [0.2, 0.25) is 0 Å². The quantitative estimate of drug-likeness (QED) is 0.589. The van der Waals surface area contributed by atoms with Gasteiger partial charge in [-0.2, -0.15) is 0 Å². The lowest BCUT2D eigenvalue weighted by Gasteiger charge is -2.10. The van der Waals surface area contributed by atoms with Crippen LogP contribution in [0.3, 0.4) is 0 Å². The number of anilines is 1. The van der Waals surface area contributed by atoms with Crippen molar-refractivity contribution in [2.75, 3.05) is 11.9 Å². The van der Waals surface area contributed by atoms with Crippen LogP contribution in [0.5, 0.6) is 5.75 Å². The van der Waals surface area contributed by atoms with Crippen molar-refractivity contribution in [3.63, 3.8) is 0 Å². The van der Waals surface area contributed by atoms with Crippen LogP contribution < -0.4 is 10.1 Å². The highest BCUT2D eigenvalue weighted by atomic mass is 32.1. The van der Waals surface area contributed by atoms with E-state index in [0.717, 1.165) is 39.5 Å². The molecule has 26 heavy (non-hydrogen) atoms. The van der Waals surface area contributed by atoms with E-state index in [4.69, 9.17) is 4.74 Å². The molecular weight excluding hydrogens is 348 g/mol. The van der Waals surface area contributed by atoms with E-state index in [-0.39, 0.29) is 5.91 Å². The maximum absolute atomic E-state index is 12.7. The van der Waals surface area contributed by atoms with E-state index in [9.17, 15) is 4.79 Å². The van der Waals surface area contributed by atoms with E-state index in [1.165, 1.54) is 0 Å². The van der Waals surface area contributed by atoms with Gasteiger partial charge in [-0.15, -0.1) is 11.3 Å². The van der Waals surface area contributed by atoms with Crippen molar-refractivity contribution < 1.29 is 9.53 Å². The molecule has 1 N–H and O–H groups in total. The molecule has 0 bridgehead atoms. The zero-order chi connectivity index (χ0) is 17.5. The fraction of sp³-hybridized carbons (Fsp3) is 0.105. The average Bonchev–Trinajstić information content (AvgIpc) is 3.27. The van der Waals surface area contributed by atoms with E-state index in [1.807, 2.05) is 34.9 Å². The molecule has 0 saturated heterocycles. The van der Waals surface area contributed by atoms with Crippen LogP contribution in [0.25, 0.3) is 21.5 Å². The van der Waals surface area contributed by atoms with E-state index < -0.39 is 0 Å². The Labute approximate surface area is 153 Å². The summed E-state index contributed by atoms with van der Waals surface area (Å²) < 4.78 is 8.92. The number of hydrogen-bond donors (Lipinski definition) is 1. The molecule has 1 aliphatic rings. The van der Waals surface area contributed by atoms with Crippen molar-refractivity contribution in [3.8, 4) is 17.0 Å². The topological polar surface area (TPSA) is 69.0 Å². The lowest BCUT2D eigenvalue weighted by atomic mass is 10.1. The zero-order valence-corrected chi connectivity index (χ0v) is 14.5. The molecule has 1 amide bonds. The number of ether oxygens (including phenoxy) is 1. The van der Waals surface area contributed by atoms with Gasteiger partial charge in [0.1, 0.15) is 12.4 Å². The number of thiazole rings is 1. The fourth-order valence-corrected chi connectivity index (χ4v) is 3.77. The molecule has 0 radical (unpaired) electrons. The molecule has 128 valence electrons. The minimum atomic E-state index is -0.169. The van der Waals surface area contributed by atoms with Crippen LogP contribution in [-0.2, 0) is 6.54 Å². The van der Waals surface area contributed by atoms with Crippen molar-refractivity contribution in [3.05, 3.63) is 60.0 Å². The Morgan fingerprint density at radius 1 is 1.23 bits per heavy atom. The largest absolute Gasteiger partial charge is 0.491 e. The minimum absolute atomic E-state index is 0.169. The van der Waals surface area contributed by atoms with Crippen molar-refractivity contribution in [2.24, 2.45) is 0 Å². The first-order chi connectivity index (χ1) is 12.8. The standard InChI is InChI=1S/C19H14N4O2S/c24-19(22-13-2-4-18-15(8-13)21-11-26-18)12-1-3-17-14(7-12)16-9-20-10-23(16)5-6-25-17/h1-4,7-11H,5-6H2,(H,22,24). The molecule has 3 heterocycles. The normalized spacial score (nSPS) is 12.8. The zero-order valence-electron chi connectivity index (χ0n) is 13.7. The summed E-state index contributed by atoms with van der Waals surface area (Å²) >= 11 is 1.58. The maximum atomic E-state index is 12.7. The second kappa shape index (κ2) is 5.96. The Morgan fingerprint density at radius 3 is 3.15 bits per heavy atom. The van der Waals surface area contributed by atoms with Gasteiger partial charge in [-0.3, -0.25) is 4.79 Å². The van der Waals surface area contributed by atoms with Crippen molar-refractivity contribution >= 4 is 33.1 Å². The summed E-state index contributed by atoms with van der Waals surface area (Å²) in [6.07, 6.45) is 3.58. The van der Waals surface area contributed by atoms with Crippen molar-refractivity contribution in [2.45, 2.75) is 6.54 Å². The summed E-state index contributed by atoms with van der Waals surface area (Å²) in [7, 11) is 0. The number of nitrogens with zero attached hydrogens (tertiary/aromatic N) is 3. The summed E-state index contributed by atoms with van der Waals surface area (Å²) in [6.45, 7) is 1.31. The lowest BCUT2D eigenvalue weighted by molar-refractivity contribution is 0.102. The molecule has 4 aromatic rings. The third-order valence-corrected chi connectivity index (χ3v) is 5.22. The number of fused-ring (bicyclic) bond motifs is 4. The van der Waals surface area contributed by atoms with Crippen LogP contribution in [0, 0.1) is 0 Å². The number of benzene rings is 2. The monoisotopic (exact) mass is 362 g/mol. The predicted molar refractivity (Wildman–Crippen MR) is 101 cm³/mol. The highest BCUT2D eigenvalue weighted by molar-refractivity contribution is 7.16. The van der Waals surface area contributed by atoms with E-state index in [1.54, 1.807) is 35.4 Å². The van der Waals surface area contributed by atoms with Gasteiger partial charge in [0.05, 0.1) is 40.5 Å². The molecule has 2 aromatic carbocycles. The molecule has 1 aliphatic heterocycles. The van der Waals surface area contributed by atoms with Gasteiger partial charge in [0.2, 0.25) is 0 Å². The predicted octanol–water partition coefficient (Wildman–Crippen LogP) is 3.80. The Balaban J connectivity index is 1.48. The second-order valence-corrected chi connectivity index (χ2v) is 6.91. The first kappa shape index (κ1) is 15.1. The number of carbonyl (C=O) groups excluding carboxylic acids is 1. The van der Waals surface area contributed by atoms with Gasteiger partial charge in [-0.1, -0.05) is 0 Å². The van der Waals surface area contributed by atoms with Crippen LogP contribution >= 0.6 is 11.3 Å². The third kappa shape index (κ3) is 2.53.